The van der Waals surface area contributed by atoms with Crippen LogP contribution < -0.4 is 4.74 Å². The number of hydrogen-bond acceptors (Lipinski definition) is 7. The van der Waals surface area contributed by atoms with Crippen molar-refractivity contribution in [2.75, 3.05) is 19.8 Å². The van der Waals surface area contributed by atoms with E-state index in [-0.39, 0.29) is 62.4 Å². The summed E-state index contributed by atoms with van der Waals surface area (Å²) in [4.78, 5) is 65.4. The van der Waals surface area contributed by atoms with E-state index in [2.05, 4.69) is 0 Å². The molecule has 2 N–H and O–H groups in total. The summed E-state index contributed by atoms with van der Waals surface area (Å²) in [5.74, 6) is -3.71. The molecular weight excluding hydrogens is 490 g/mol. The van der Waals surface area contributed by atoms with Crippen molar-refractivity contribution in [3.8, 4) is 5.75 Å². The van der Waals surface area contributed by atoms with Gasteiger partial charge in [-0.2, -0.15) is 0 Å². The van der Waals surface area contributed by atoms with Gasteiger partial charge in [0.05, 0.1) is 18.4 Å². The van der Waals surface area contributed by atoms with Crippen LogP contribution in [0.5, 0.6) is 5.75 Å². The van der Waals surface area contributed by atoms with E-state index >= 15 is 0 Å². The molecule has 1 heterocycles. The lowest BCUT2D eigenvalue weighted by Gasteiger charge is -2.42. The van der Waals surface area contributed by atoms with Crippen LogP contribution in [0.2, 0.25) is 0 Å². The number of aliphatic hydroxyl groups excluding tert-OH is 1. The lowest BCUT2D eigenvalue weighted by molar-refractivity contribution is -0.142. The van der Waals surface area contributed by atoms with Crippen LogP contribution in [0.15, 0.2) is 58.7 Å². The second-order valence-corrected chi connectivity index (χ2v) is 10.2. The fourth-order valence-electron chi connectivity index (χ4n) is 6.36. The van der Waals surface area contributed by atoms with Gasteiger partial charge in [0.1, 0.15) is 12.4 Å². The van der Waals surface area contributed by atoms with Gasteiger partial charge in [0, 0.05) is 35.6 Å². The summed E-state index contributed by atoms with van der Waals surface area (Å²) in [5, 5.41) is 18.0. The average Bonchev–Trinajstić information content (AvgIpc) is 3.14. The van der Waals surface area contributed by atoms with Crippen molar-refractivity contribution < 1.29 is 38.9 Å². The van der Waals surface area contributed by atoms with Crippen molar-refractivity contribution in [2.24, 2.45) is 17.8 Å². The summed E-state index contributed by atoms with van der Waals surface area (Å²) in [6.45, 7) is 1.67. The second kappa shape index (κ2) is 10.1. The molecular formula is C29H29NO8. The molecule has 1 aromatic rings. The number of nitrogens with zero attached hydrogens (tertiary/aromatic N) is 1. The molecule has 0 bridgehead atoms. The highest BCUT2D eigenvalue weighted by Gasteiger charge is 2.56. The third kappa shape index (κ3) is 4.30. The Morgan fingerprint density at radius 3 is 2.50 bits per heavy atom. The van der Waals surface area contributed by atoms with Crippen molar-refractivity contribution in [1.82, 2.24) is 4.90 Å². The Morgan fingerprint density at radius 2 is 1.82 bits per heavy atom. The lowest BCUT2D eigenvalue weighted by atomic mass is 9.59. The lowest BCUT2D eigenvalue weighted by Crippen LogP contribution is -2.39. The third-order valence-electron chi connectivity index (χ3n) is 8.00. The van der Waals surface area contributed by atoms with Crippen LogP contribution >= 0.6 is 0 Å². The molecule has 1 fully saturated rings. The fraction of sp³-hybridized carbons (Fsp3) is 0.414. The number of rotatable bonds is 8. The van der Waals surface area contributed by atoms with E-state index < -0.39 is 29.6 Å². The molecule has 38 heavy (non-hydrogen) atoms. The predicted octanol–water partition coefficient (Wildman–Crippen LogP) is 2.35. The highest BCUT2D eigenvalue weighted by Crippen LogP contribution is 2.55. The van der Waals surface area contributed by atoms with Crippen LogP contribution in [0.25, 0.3) is 0 Å². The number of aliphatic hydroxyl groups is 1. The zero-order valence-corrected chi connectivity index (χ0v) is 21.0. The number of fused-ring (bicyclic) bond motifs is 3. The topological polar surface area (TPSA) is 138 Å². The second-order valence-electron chi connectivity index (χ2n) is 10.2. The third-order valence-corrected chi connectivity index (χ3v) is 8.00. The highest BCUT2D eigenvalue weighted by molar-refractivity contribution is 6.23. The standard InChI is InChI=1S/C29H29NO8/c1-15-13-22(32)26-21(27(15)35)14-20-18(24(26)16-4-6-17(7-5-16)38-12-11-31)8-9-19-25(20)29(37)30(28(19)36)10-2-3-23(33)34/h4-8,13,19-20,24-25,31H,2-3,9-12,14H2,1H3,(H,33,34). The van der Waals surface area contributed by atoms with Gasteiger partial charge in [-0.3, -0.25) is 28.9 Å². The summed E-state index contributed by atoms with van der Waals surface area (Å²) >= 11 is 0. The van der Waals surface area contributed by atoms with Gasteiger partial charge in [-0.1, -0.05) is 23.8 Å². The van der Waals surface area contributed by atoms with Crippen LogP contribution in [-0.4, -0.2) is 64.2 Å². The van der Waals surface area contributed by atoms with Crippen LogP contribution in [-0.2, 0) is 24.0 Å². The number of likely N-dealkylation sites (tertiary alicyclic amines) is 1. The number of aliphatic carboxylic acids is 1. The van der Waals surface area contributed by atoms with E-state index in [1.54, 1.807) is 19.1 Å². The van der Waals surface area contributed by atoms with E-state index in [9.17, 15) is 24.0 Å². The quantitative estimate of drug-likeness (QED) is 0.303. The maximum absolute atomic E-state index is 13.6. The molecule has 4 unspecified atom stereocenters. The van der Waals surface area contributed by atoms with Gasteiger partial charge < -0.3 is 14.9 Å². The number of hydrogen-bond donors (Lipinski definition) is 2. The maximum Gasteiger partial charge on any atom is 0.303 e. The monoisotopic (exact) mass is 519 g/mol. The summed E-state index contributed by atoms with van der Waals surface area (Å²) in [5.41, 5.74) is 2.79. The molecule has 1 saturated heterocycles. The van der Waals surface area contributed by atoms with E-state index in [1.807, 2.05) is 18.2 Å². The maximum atomic E-state index is 13.6. The number of Topliss-reactive ketones (excluding diaryl/α,β-unsaturated/α-hetero) is 1. The molecule has 9 heteroatoms. The predicted molar refractivity (Wildman–Crippen MR) is 134 cm³/mol. The molecule has 0 spiro atoms. The fourth-order valence-corrected chi connectivity index (χ4v) is 6.36. The van der Waals surface area contributed by atoms with Crippen molar-refractivity contribution >= 4 is 29.4 Å². The van der Waals surface area contributed by atoms with Gasteiger partial charge in [0.2, 0.25) is 11.8 Å². The number of imide groups is 1. The zero-order chi connectivity index (χ0) is 27.1. The van der Waals surface area contributed by atoms with Gasteiger partial charge in [0.15, 0.2) is 11.6 Å². The Hall–Kier alpha value is -3.85. The average molecular weight is 520 g/mol. The molecule has 1 aromatic carbocycles. The minimum Gasteiger partial charge on any atom is -0.491 e. The Bertz CT molecular complexity index is 1320. The van der Waals surface area contributed by atoms with E-state index in [1.165, 1.54) is 11.0 Å². The summed E-state index contributed by atoms with van der Waals surface area (Å²) in [6.07, 6.45) is 3.90. The summed E-state index contributed by atoms with van der Waals surface area (Å²) in [7, 11) is 0. The smallest absolute Gasteiger partial charge is 0.303 e. The Labute approximate surface area is 219 Å². The van der Waals surface area contributed by atoms with Crippen LogP contribution in [0.1, 0.15) is 44.1 Å². The van der Waals surface area contributed by atoms with Crippen LogP contribution in [0.3, 0.4) is 0 Å². The van der Waals surface area contributed by atoms with Crippen LogP contribution in [0.4, 0.5) is 0 Å². The van der Waals surface area contributed by atoms with E-state index in [0.29, 0.717) is 28.9 Å². The summed E-state index contributed by atoms with van der Waals surface area (Å²) in [6, 6.07) is 7.12. The number of carboxylic acids is 1. The Morgan fingerprint density at radius 1 is 1.08 bits per heavy atom. The molecule has 4 atom stereocenters. The minimum atomic E-state index is -0.989. The molecule has 2 amide bonds. The van der Waals surface area contributed by atoms with Crippen molar-refractivity contribution in [2.45, 2.75) is 38.5 Å². The number of ketones is 2. The number of carbonyl (C=O) groups excluding carboxylic acids is 4. The molecule has 5 rings (SSSR count). The number of amides is 2. The molecule has 0 aromatic heterocycles. The molecule has 3 aliphatic carbocycles. The molecule has 198 valence electrons. The van der Waals surface area contributed by atoms with Crippen molar-refractivity contribution in [3.05, 3.63) is 64.3 Å². The van der Waals surface area contributed by atoms with Gasteiger partial charge in [-0.05, 0) is 55.9 Å². The zero-order valence-electron chi connectivity index (χ0n) is 21.0. The SMILES string of the molecule is CC1=CC(=O)C2=C(CC3C(=CCC4C(=O)N(CCCC(=O)O)C(=O)C43)C2c2ccc(OCCO)cc2)C1=O. The Balaban J connectivity index is 1.53. The first-order valence-electron chi connectivity index (χ1n) is 12.8. The van der Waals surface area contributed by atoms with Gasteiger partial charge in [0.25, 0.3) is 0 Å². The largest absolute Gasteiger partial charge is 0.491 e. The van der Waals surface area contributed by atoms with Gasteiger partial charge in [-0.15, -0.1) is 0 Å². The minimum absolute atomic E-state index is 0.0466. The number of allylic oxidation sites excluding steroid dienone is 6. The molecule has 0 radical (unpaired) electrons. The van der Waals surface area contributed by atoms with Gasteiger partial charge >= 0.3 is 5.97 Å². The first-order valence-corrected chi connectivity index (χ1v) is 12.8. The van der Waals surface area contributed by atoms with Gasteiger partial charge in [-0.25, -0.2) is 0 Å². The highest BCUT2D eigenvalue weighted by atomic mass is 16.5. The van der Waals surface area contributed by atoms with Crippen molar-refractivity contribution in [3.63, 3.8) is 0 Å². The van der Waals surface area contributed by atoms with Crippen LogP contribution in [0, 0.1) is 17.8 Å². The normalized spacial score (nSPS) is 26.5. The Kier molecular flexibility index (Phi) is 6.88. The van der Waals surface area contributed by atoms with E-state index in [4.69, 9.17) is 14.9 Å². The molecule has 9 nitrogen and oxygen atoms in total. The number of carbonyl (C=O) groups is 5. The van der Waals surface area contributed by atoms with E-state index in [0.717, 1.165) is 11.1 Å². The number of ether oxygens (including phenoxy) is 1. The molecule has 1 aliphatic heterocycles. The van der Waals surface area contributed by atoms with Crippen molar-refractivity contribution in [1.29, 1.82) is 0 Å². The molecule has 0 saturated carbocycles. The molecule has 4 aliphatic rings. The first-order chi connectivity index (χ1) is 18.2. The number of carboxylic acid groups (broad SMARTS) is 1. The first kappa shape index (κ1) is 25.8. The summed E-state index contributed by atoms with van der Waals surface area (Å²) < 4.78 is 5.47. The number of benzene rings is 1.